The smallest absolute Gasteiger partial charge is 0.321 e. The van der Waals surface area contributed by atoms with E-state index >= 15 is 0 Å². The summed E-state index contributed by atoms with van der Waals surface area (Å²) < 4.78 is 25.6. The third-order valence-corrected chi connectivity index (χ3v) is 3.88. The van der Waals surface area contributed by atoms with Gasteiger partial charge in [0.1, 0.15) is 6.04 Å². The van der Waals surface area contributed by atoms with Gasteiger partial charge in [0.05, 0.1) is 17.2 Å². The van der Waals surface area contributed by atoms with Crippen LogP contribution in [0.15, 0.2) is 0 Å². The molecule has 0 spiro atoms. The minimum atomic E-state index is -3.67. The van der Waals surface area contributed by atoms with E-state index in [0.29, 0.717) is 6.42 Å². The molecule has 1 atom stereocenters. The molecule has 0 aromatic carbocycles. The fraction of sp³-hybridized carbons (Fsp3) is 0.818. The van der Waals surface area contributed by atoms with Gasteiger partial charge in [0.2, 0.25) is 10.0 Å². The van der Waals surface area contributed by atoms with Crippen LogP contribution in [0.3, 0.4) is 0 Å². The van der Waals surface area contributed by atoms with Crippen LogP contribution in [-0.2, 0) is 14.8 Å². The molecule has 0 amide bonds. The Morgan fingerprint density at radius 2 is 2.06 bits per heavy atom. The number of nitrogens with zero attached hydrogens (tertiary/aromatic N) is 1. The van der Waals surface area contributed by atoms with Crippen molar-refractivity contribution in [3.05, 3.63) is 0 Å². The molecule has 0 aliphatic carbocycles. The Kier molecular flexibility index (Phi) is 6.29. The van der Waals surface area contributed by atoms with Gasteiger partial charge in [0.15, 0.2) is 0 Å². The Morgan fingerprint density at radius 1 is 1.50 bits per heavy atom. The van der Waals surface area contributed by atoms with Crippen LogP contribution in [0, 0.1) is 16.7 Å². The van der Waals surface area contributed by atoms with E-state index in [4.69, 9.17) is 10.4 Å². The average molecular weight is 276 g/mol. The molecule has 0 aliphatic heterocycles. The molecule has 0 heterocycles. The number of carbonyl (C=O) groups is 1. The van der Waals surface area contributed by atoms with E-state index < -0.39 is 27.4 Å². The van der Waals surface area contributed by atoms with Crippen LogP contribution in [0.25, 0.3) is 0 Å². The fourth-order valence-electron chi connectivity index (χ4n) is 1.24. The van der Waals surface area contributed by atoms with E-state index in [-0.39, 0.29) is 18.6 Å². The molecular formula is C11H20N2O4S. The van der Waals surface area contributed by atoms with Gasteiger partial charge in [0.25, 0.3) is 0 Å². The summed E-state index contributed by atoms with van der Waals surface area (Å²) in [6.07, 6.45) is 0.983. The molecule has 0 fully saturated rings. The van der Waals surface area contributed by atoms with Crippen LogP contribution < -0.4 is 4.72 Å². The minimum absolute atomic E-state index is 0.164. The lowest BCUT2D eigenvalue weighted by atomic mass is 9.93. The second kappa shape index (κ2) is 6.71. The zero-order valence-electron chi connectivity index (χ0n) is 10.9. The molecule has 0 radical (unpaired) electrons. The van der Waals surface area contributed by atoms with Crippen LogP contribution in [0.1, 0.15) is 40.0 Å². The first kappa shape index (κ1) is 16.9. The van der Waals surface area contributed by atoms with Crippen molar-refractivity contribution >= 4 is 16.0 Å². The van der Waals surface area contributed by atoms with Gasteiger partial charge in [0, 0.05) is 0 Å². The topological polar surface area (TPSA) is 107 Å². The molecule has 1 unspecified atom stereocenters. The lowest BCUT2D eigenvalue weighted by Gasteiger charge is -2.17. The van der Waals surface area contributed by atoms with Crippen molar-refractivity contribution in [3.8, 4) is 6.07 Å². The number of carboxylic acid groups (broad SMARTS) is 1. The minimum Gasteiger partial charge on any atom is -0.480 e. The van der Waals surface area contributed by atoms with Gasteiger partial charge in [-0.1, -0.05) is 13.3 Å². The summed E-state index contributed by atoms with van der Waals surface area (Å²) >= 11 is 0. The highest BCUT2D eigenvalue weighted by molar-refractivity contribution is 7.89. The van der Waals surface area contributed by atoms with Crippen LogP contribution in [0.5, 0.6) is 0 Å². The Bertz CT molecular complexity index is 423. The van der Waals surface area contributed by atoms with E-state index in [1.165, 1.54) is 0 Å². The van der Waals surface area contributed by atoms with Crippen LogP contribution in [-0.4, -0.2) is 31.3 Å². The summed E-state index contributed by atoms with van der Waals surface area (Å²) in [5.74, 6) is -1.43. The SMILES string of the molecule is CCCC(NS(=O)(=O)CCC(C)(C)C#N)C(=O)O. The number of hydrogen-bond acceptors (Lipinski definition) is 4. The zero-order chi connectivity index (χ0) is 14.4. The highest BCUT2D eigenvalue weighted by Gasteiger charge is 2.26. The van der Waals surface area contributed by atoms with Crippen molar-refractivity contribution in [1.82, 2.24) is 4.72 Å². The number of hydrogen-bond donors (Lipinski definition) is 2. The second-order valence-corrected chi connectivity index (χ2v) is 6.74. The van der Waals surface area contributed by atoms with Gasteiger partial charge in [-0.05, 0) is 26.7 Å². The quantitative estimate of drug-likeness (QED) is 0.690. The fourth-order valence-corrected chi connectivity index (χ4v) is 2.79. The molecule has 6 nitrogen and oxygen atoms in total. The first-order valence-electron chi connectivity index (χ1n) is 5.77. The normalized spacial score (nSPS) is 13.9. The van der Waals surface area contributed by atoms with Crippen molar-refractivity contribution in [3.63, 3.8) is 0 Å². The van der Waals surface area contributed by atoms with Crippen molar-refractivity contribution in [2.75, 3.05) is 5.75 Å². The van der Waals surface area contributed by atoms with Gasteiger partial charge >= 0.3 is 5.97 Å². The highest BCUT2D eigenvalue weighted by atomic mass is 32.2. The standard InChI is InChI=1S/C11H20N2O4S/c1-4-5-9(10(14)15)13-18(16,17)7-6-11(2,3)8-12/h9,13H,4-7H2,1-3H3,(H,14,15). The molecule has 0 rings (SSSR count). The maximum Gasteiger partial charge on any atom is 0.321 e. The summed E-state index contributed by atoms with van der Waals surface area (Å²) in [6.45, 7) is 5.06. The Labute approximate surface area is 108 Å². The summed E-state index contributed by atoms with van der Waals surface area (Å²) in [5.41, 5.74) is -0.738. The van der Waals surface area contributed by atoms with Gasteiger partial charge in [-0.15, -0.1) is 0 Å². The lowest BCUT2D eigenvalue weighted by molar-refractivity contribution is -0.139. The van der Waals surface area contributed by atoms with Crippen LogP contribution in [0.4, 0.5) is 0 Å². The van der Waals surface area contributed by atoms with Gasteiger partial charge in [-0.2, -0.15) is 5.26 Å². The molecule has 0 bridgehead atoms. The van der Waals surface area contributed by atoms with Crippen LogP contribution >= 0.6 is 0 Å². The number of carboxylic acids is 1. The zero-order valence-corrected chi connectivity index (χ0v) is 11.7. The van der Waals surface area contributed by atoms with E-state index in [0.717, 1.165) is 0 Å². The first-order valence-corrected chi connectivity index (χ1v) is 7.43. The number of sulfonamides is 1. The van der Waals surface area contributed by atoms with Gasteiger partial charge in [-0.25, -0.2) is 13.1 Å². The average Bonchev–Trinajstić information content (AvgIpc) is 2.26. The van der Waals surface area contributed by atoms with Crippen molar-refractivity contribution < 1.29 is 18.3 Å². The summed E-state index contributed by atoms with van der Waals surface area (Å²) in [6, 6.07) is 0.914. The molecule has 18 heavy (non-hydrogen) atoms. The third-order valence-electron chi connectivity index (χ3n) is 2.50. The molecule has 104 valence electrons. The van der Waals surface area contributed by atoms with E-state index in [1.54, 1.807) is 20.8 Å². The largest absolute Gasteiger partial charge is 0.480 e. The molecule has 2 N–H and O–H groups in total. The number of nitrogens with one attached hydrogen (secondary N) is 1. The van der Waals surface area contributed by atoms with Crippen LogP contribution in [0.2, 0.25) is 0 Å². The molecule has 0 saturated carbocycles. The van der Waals surface area contributed by atoms with Gasteiger partial charge < -0.3 is 5.11 Å². The molecule has 0 aromatic heterocycles. The van der Waals surface area contributed by atoms with Gasteiger partial charge in [-0.3, -0.25) is 4.79 Å². The summed E-state index contributed by atoms with van der Waals surface area (Å²) in [7, 11) is -3.67. The molecule has 0 aliphatic rings. The number of nitriles is 1. The monoisotopic (exact) mass is 276 g/mol. The van der Waals surface area contributed by atoms with Crippen molar-refractivity contribution in [1.29, 1.82) is 5.26 Å². The highest BCUT2D eigenvalue weighted by Crippen LogP contribution is 2.19. The molecule has 7 heteroatoms. The van der Waals surface area contributed by atoms with E-state index in [2.05, 4.69) is 4.72 Å². The number of aliphatic carboxylic acids is 1. The third kappa shape index (κ3) is 6.57. The second-order valence-electron chi connectivity index (χ2n) is 4.86. The van der Waals surface area contributed by atoms with E-state index in [1.807, 2.05) is 6.07 Å². The Hall–Kier alpha value is -1.13. The maximum atomic E-state index is 11.7. The molecule has 0 aromatic rings. The lowest BCUT2D eigenvalue weighted by Crippen LogP contribution is -2.42. The Morgan fingerprint density at radius 3 is 2.44 bits per heavy atom. The van der Waals surface area contributed by atoms with Crippen molar-refractivity contribution in [2.45, 2.75) is 46.1 Å². The Balaban J connectivity index is 4.57. The summed E-state index contributed by atoms with van der Waals surface area (Å²) in [4.78, 5) is 10.8. The predicted molar refractivity (Wildman–Crippen MR) is 67.3 cm³/mol. The summed E-state index contributed by atoms with van der Waals surface area (Å²) in [5, 5.41) is 17.6. The molecular weight excluding hydrogens is 256 g/mol. The maximum absolute atomic E-state index is 11.7. The number of rotatable bonds is 8. The predicted octanol–water partition coefficient (Wildman–Crippen LogP) is 1.10. The van der Waals surface area contributed by atoms with Crippen molar-refractivity contribution in [2.24, 2.45) is 5.41 Å². The first-order chi connectivity index (χ1) is 8.13. The molecule has 0 saturated heterocycles. The van der Waals surface area contributed by atoms with E-state index in [9.17, 15) is 13.2 Å².